The van der Waals surface area contributed by atoms with Crippen LogP contribution in [0.15, 0.2) is 4.34 Å². The zero-order chi connectivity index (χ0) is 13.3. The van der Waals surface area contributed by atoms with Crippen molar-refractivity contribution in [1.82, 2.24) is 14.6 Å². The van der Waals surface area contributed by atoms with Gasteiger partial charge in [-0.15, -0.1) is 23.7 Å². The van der Waals surface area contributed by atoms with Gasteiger partial charge in [-0.25, -0.2) is 13.4 Å². The van der Waals surface area contributed by atoms with Gasteiger partial charge in [0.15, 0.2) is 0 Å². The van der Waals surface area contributed by atoms with E-state index in [0.29, 0.717) is 13.1 Å². The Morgan fingerprint density at radius 2 is 2.11 bits per heavy atom. The highest BCUT2D eigenvalue weighted by atomic mass is 35.5. The number of thiazole rings is 1. The molecule has 0 aromatic carbocycles. The predicted molar refractivity (Wildman–Crippen MR) is 79.7 cm³/mol. The largest absolute Gasteiger partial charge is 0.316 e. The van der Waals surface area contributed by atoms with Crippen LogP contribution in [0.5, 0.6) is 0 Å². The zero-order valence-corrected chi connectivity index (χ0v) is 13.8. The average Bonchev–Trinajstić information content (AvgIpc) is 2.70. The standard InChI is InChI=1S/C11H19N3O2S2.ClH/c1-8-9(2)17-11(13-8)18(15,16)14-6-4-5-10(7-14)12-3;/h10,12H,4-7H2,1-3H3;1H. The average molecular weight is 326 g/mol. The molecule has 1 atom stereocenters. The maximum absolute atomic E-state index is 12.5. The number of hydrogen-bond donors (Lipinski definition) is 1. The topological polar surface area (TPSA) is 62.3 Å². The van der Waals surface area contributed by atoms with E-state index in [1.54, 1.807) is 4.31 Å². The molecule has 1 fully saturated rings. The lowest BCUT2D eigenvalue weighted by atomic mass is 10.1. The maximum atomic E-state index is 12.5. The summed E-state index contributed by atoms with van der Waals surface area (Å²) in [5.41, 5.74) is 0.806. The molecule has 0 spiro atoms. The first-order valence-corrected chi connectivity index (χ1v) is 8.32. The Balaban J connectivity index is 0.00000180. The first kappa shape index (κ1) is 16.8. The Bertz CT molecular complexity index is 511. The minimum absolute atomic E-state index is 0. The van der Waals surface area contributed by atoms with Gasteiger partial charge in [0.1, 0.15) is 0 Å². The van der Waals surface area contributed by atoms with Crippen LogP contribution in [-0.2, 0) is 10.0 Å². The lowest BCUT2D eigenvalue weighted by molar-refractivity contribution is 0.292. The van der Waals surface area contributed by atoms with Crippen LogP contribution >= 0.6 is 23.7 Å². The first-order valence-electron chi connectivity index (χ1n) is 6.06. The lowest BCUT2D eigenvalue weighted by Gasteiger charge is -2.30. The van der Waals surface area contributed by atoms with Gasteiger partial charge in [0, 0.05) is 24.0 Å². The number of nitrogens with zero attached hydrogens (tertiary/aromatic N) is 2. The number of rotatable bonds is 3. The normalized spacial score (nSPS) is 21.1. The summed E-state index contributed by atoms with van der Waals surface area (Å²) in [5.74, 6) is 0. The van der Waals surface area contributed by atoms with Gasteiger partial charge in [-0.1, -0.05) is 0 Å². The summed E-state index contributed by atoms with van der Waals surface area (Å²) >= 11 is 1.26. The highest BCUT2D eigenvalue weighted by molar-refractivity contribution is 7.91. The molecule has 1 aromatic rings. The summed E-state index contributed by atoms with van der Waals surface area (Å²) in [7, 11) is -1.53. The molecule has 110 valence electrons. The highest BCUT2D eigenvalue weighted by Gasteiger charge is 2.32. The molecule has 2 rings (SSSR count). The fraction of sp³-hybridized carbons (Fsp3) is 0.727. The van der Waals surface area contributed by atoms with Gasteiger partial charge in [-0.3, -0.25) is 0 Å². The van der Waals surface area contributed by atoms with Crippen molar-refractivity contribution in [3.05, 3.63) is 10.6 Å². The number of aromatic nitrogens is 1. The fourth-order valence-electron chi connectivity index (χ4n) is 2.06. The van der Waals surface area contributed by atoms with Gasteiger partial charge in [-0.05, 0) is 33.7 Å². The molecule has 0 aliphatic carbocycles. The van der Waals surface area contributed by atoms with Crippen molar-refractivity contribution < 1.29 is 8.42 Å². The Morgan fingerprint density at radius 3 is 2.63 bits per heavy atom. The lowest BCUT2D eigenvalue weighted by Crippen LogP contribution is -2.46. The van der Waals surface area contributed by atoms with Crippen molar-refractivity contribution >= 4 is 33.8 Å². The number of nitrogens with one attached hydrogen (secondary N) is 1. The van der Waals surface area contributed by atoms with E-state index in [0.717, 1.165) is 23.4 Å². The van der Waals surface area contributed by atoms with Crippen LogP contribution < -0.4 is 5.32 Å². The van der Waals surface area contributed by atoms with E-state index in [2.05, 4.69) is 10.3 Å². The zero-order valence-electron chi connectivity index (χ0n) is 11.3. The minimum atomic E-state index is -3.41. The first-order chi connectivity index (χ1) is 8.45. The summed E-state index contributed by atoms with van der Waals surface area (Å²) in [5, 5.41) is 3.15. The molecule has 2 heterocycles. The van der Waals surface area contributed by atoms with Gasteiger partial charge in [-0.2, -0.15) is 4.31 Å². The second-order valence-electron chi connectivity index (χ2n) is 4.61. The van der Waals surface area contributed by atoms with Gasteiger partial charge < -0.3 is 5.32 Å². The monoisotopic (exact) mass is 325 g/mol. The molecule has 0 bridgehead atoms. The van der Waals surface area contributed by atoms with Crippen molar-refractivity contribution in [3.8, 4) is 0 Å². The summed E-state index contributed by atoms with van der Waals surface area (Å²) in [6.45, 7) is 4.88. The van der Waals surface area contributed by atoms with Gasteiger partial charge in [0.05, 0.1) is 5.69 Å². The van der Waals surface area contributed by atoms with E-state index in [-0.39, 0.29) is 22.8 Å². The second kappa shape index (κ2) is 6.49. The van der Waals surface area contributed by atoms with Crippen molar-refractivity contribution in [2.24, 2.45) is 0 Å². The van der Waals surface area contributed by atoms with E-state index in [1.807, 2.05) is 20.9 Å². The van der Waals surface area contributed by atoms with E-state index in [9.17, 15) is 8.42 Å². The molecule has 19 heavy (non-hydrogen) atoms. The minimum Gasteiger partial charge on any atom is -0.316 e. The van der Waals surface area contributed by atoms with Gasteiger partial charge in [0.25, 0.3) is 10.0 Å². The van der Waals surface area contributed by atoms with Crippen LogP contribution in [0.3, 0.4) is 0 Å². The van der Waals surface area contributed by atoms with Crippen LogP contribution in [0.1, 0.15) is 23.4 Å². The molecule has 8 heteroatoms. The summed E-state index contributed by atoms with van der Waals surface area (Å²) in [6.07, 6.45) is 1.92. The molecule has 0 radical (unpaired) electrons. The highest BCUT2D eigenvalue weighted by Crippen LogP contribution is 2.26. The summed E-state index contributed by atoms with van der Waals surface area (Å²) in [4.78, 5) is 5.14. The molecule has 1 unspecified atom stereocenters. The Kier molecular flexibility index (Phi) is 5.76. The predicted octanol–water partition coefficient (Wildman–Crippen LogP) is 1.55. The summed E-state index contributed by atoms with van der Waals surface area (Å²) in [6, 6.07) is 0.246. The Labute approximate surface area is 124 Å². The molecule has 5 nitrogen and oxygen atoms in total. The molecule has 1 aliphatic rings. The molecular weight excluding hydrogens is 306 g/mol. The Hall–Kier alpha value is -0.210. The van der Waals surface area contributed by atoms with Crippen LogP contribution in [0, 0.1) is 13.8 Å². The molecule has 1 N–H and O–H groups in total. The molecule has 1 saturated heterocycles. The third-order valence-electron chi connectivity index (χ3n) is 3.36. The third-order valence-corrected chi connectivity index (χ3v) is 6.66. The molecular formula is C11H20ClN3O2S2. The van der Waals surface area contributed by atoms with Crippen LogP contribution in [-0.4, -0.2) is 43.9 Å². The number of sulfonamides is 1. The van der Waals surface area contributed by atoms with E-state index < -0.39 is 10.0 Å². The number of hydrogen-bond acceptors (Lipinski definition) is 5. The quantitative estimate of drug-likeness (QED) is 0.916. The number of halogens is 1. The number of likely N-dealkylation sites (N-methyl/N-ethyl adjacent to an activating group) is 1. The maximum Gasteiger partial charge on any atom is 0.270 e. The van der Waals surface area contributed by atoms with Crippen LogP contribution in [0.2, 0.25) is 0 Å². The SMILES string of the molecule is CNC1CCCN(S(=O)(=O)c2nc(C)c(C)s2)C1.Cl. The second-order valence-corrected chi connectivity index (χ2v) is 7.93. The number of piperidine rings is 1. The molecule has 1 aliphatic heterocycles. The summed E-state index contributed by atoms with van der Waals surface area (Å²) < 4.78 is 26.7. The van der Waals surface area contributed by atoms with Gasteiger partial charge in [0.2, 0.25) is 4.34 Å². The van der Waals surface area contributed by atoms with Crippen LogP contribution in [0.4, 0.5) is 0 Å². The van der Waals surface area contributed by atoms with Crippen molar-refractivity contribution in [2.75, 3.05) is 20.1 Å². The molecule has 0 saturated carbocycles. The van der Waals surface area contributed by atoms with Gasteiger partial charge >= 0.3 is 0 Å². The van der Waals surface area contributed by atoms with Crippen LogP contribution in [0.25, 0.3) is 0 Å². The van der Waals surface area contributed by atoms with Crippen molar-refractivity contribution in [1.29, 1.82) is 0 Å². The number of aryl methyl sites for hydroxylation is 2. The smallest absolute Gasteiger partial charge is 0.270 e. The van der Waals surface area contributed by atoms with Crippen molar-refractivity contribution in [3.63, 3.8) is 0 Å². The molecule has 0 amide bonds. The van der Waals surface area contributed by atoms with E-state index in [4.69, 9.17) is 0 Å². The van der Waals surface area contributed by atoms with Crippen molar-refractivity contribution in [2.45, 2.75) is 37.1 Å². The third kappa shape index (κ3) is 3.46. The molecule has 1 aromatic heterocycles. The van der Waals surface area contributed by atoms with E-state index in [1.165, 1.54) is 11.3 Å². The van der Waals surface area contributed by atoms with E-state index >= 15 is 0 Å². The fourth-order valence-corrected chi connectivity index (χ4v) is 5.03. The Morgan fingerprint density at radius 1 is 1.42 bits per heavy atom.